The lowest BCUT2D eigenvalue weighted by molar-refractivity contribution is -0.0140. The van der Waals surface area contributed by atoms with Crippen molar-refractivity contribution in [3.05, 3.63) is 65.9 Å². The summed E-state index contributed by atoms with van der Waals surface area (Å²) in [6, 6.07) is 9.04. The minimum atomic E-state index is -0.908. The zero-order valence-electron chi connectivity index (χ0n) is 18.1. The molecule has 1 fully saturated rings. The van der Waals surface area contributed by atoms with Crippen molar-refractivity contribution in [3.63, 3.8) is 0 Å². The van der Waals surface area contributed by atoms with Crippen molar-refractivity contribution in [2.75, 3.05) is 5.32 Å². The van der Waals surface area contributed by atoms with Crippen LogP contribution >= 0.6 is 0 Å². The fourth-order valence-electron chi connectivity index (χ4n) is 4.45. The molecule has 2 unspecified atom stereocenters. The van der Waals surface area contributed by atoms with E-state index in [0.29, 0.717) is 5.65 Å². The van der Waals surface area contributed by atoms with Crippen molar-refractivity contribution in [3.8, 4) is 0 Å². The number of nitrogens with one attached hydrogen (secondary N) is 2. The second-order valence-electron chi connectivity index (χ2n) is 8.85. The summed E-state index contributed by atoms with van der Waals surface area (Å²) in [5.74, 6) is -1.60. The zero-order valence-corrected chi connectivity index (χ0v) is 18.1. The van der Waals surface area contributed by atoms with E-state index in [9.17, 15) is 19.1 Å². The Hall–Kier alpha value is -3.26. The minimum Gasteiger partial charge on any atom is -0.390 e. The number of amides is 2. The Balaban J connectivity index is 1.52. The molecule has 2 heterocycles. The highest BCUT2D eigenvalue weighted by Crippen LogP contribution is 2.33. The lowest BCUT2D eigenvalue weighted by Gasteiger charge is -2.39. The van der Waals surface area contributed by atoms with Gasteiger partial charge in [-0.05, 0) is 57.0 Å². The summed E-state index contributed by atoms with van der Waals surface area (Å²) in [6.07, 6.45) is 6.70. The molecule has 1 aliphatic rings. The van der Waals surface area contributed by atoms with Gasteiger partial charge in [0.25, 0.3) is 11.8 Å². The van der Waals surface area contributed by atoms with E-state index >= 15 is 0 Å². The van der Waals surface area contributed by atoms with Crippen LogP contribution in [-0.2, 0) is 0 Å². The summed E-state index contributed by atoms with van der Waals surface area (Å²) in [4.78, 5) is 29.8. The summed E-state index contributed by atoms with van der Waals surface area (Å²) in [6.45, 7) is 3.52. The Morgan fingerprint density at radius 1 is 1.16 bits per heavy atom. The maximum absolute atomic E-state index is 14.4. The predicted octanol–water partition coefficient (Wildman–Crippen LogP) is 3.79. The van der Waals surface area contributed by atoms with Gasteiger partial charge in [0.2, 0.25) is 0 Å². The van der Waals surface area contributed by atoms with Gasteiger partial charge in [-0.1, -0.05) is 18.9 Å². The second kappa shape index (κ2) is 8.70. The molecular weight excluding hydrogens is 411 g/mol. The molecule has 2 atom stereocenters. The number of aromatic nitrogens is 2. The van der Waals surface area contributed by atoms with E-state index in [4.69, 9.17) is 0 Å². The SMILES string of the molecule is CC(C)(O)C1CCCCC1NC(=O)c1ccc(F)c(NC(=O)c2cnc3ccccn23)c1. The van der Waals surface area contributed by atoms with E-state index in [-0.39, 0.29) is 34.8 Å². The van der Waals surface area contributed by atoms with Crippen LogP contribution in [0, 0.1) is 11.7 Å². The Morgan fingerprint density at radius 2 is 1.94 bits per heavy atom. The van der Waals surface area contributed by atoms with Crippen LogP contribution in [0.25, 0.3) is 5.65 Å². The van der Waals surface area contributed by atoms with Crippen LogP contribution in [0.1, 0.15) is 60.4 Å². The Morgan fingerprint density at radius 3 is 2.72 bits per heavy atom. The first-order valence-electron chi connectivity index (χ1n) is 10.8. The third-order valence-electron chi connectivity index (χ3n) is 6.12. The number of pyridine rings is 1. The van der Waals surface area contributed by atoms with Crippen LogP contribution in [-0.4, -0.2) is 37.9 Å². The van der Waals surface area contributed by atoms with Crippen molar-refractivity contribution in [2.45, 2.75) is 51.2 Å². The number of benzene rings is 1. The van der Waals surface area contributed by atoms with Gasteiger partial charge >= 0.3 is 0 Å². The molecule has 0 radical (unpaired) electrons. The normalized spacial score (nSPS) is 19.0. The van der Waals surface area contributed by atoms with Crippen molar-refractivity contribution in [2.24, 2.45) is 5.92 Å². The van der Waals surface area contributed by atoms with Crippen LogP contribution in [0.2, 0.25) is 0 Å². The predicted molar refractivity (Wildman–Crippen MR) is 119 cm³/mol. The number of fused-ring (bicyclic) bond motifs is 1. The van der Waals surface area contributed by atoms with Gasteiger partial charge in [-0.2, -0.15) is 0 Å². The average Bonchev–Trinajstić information content (AvgIpc) is 3.19. The molecule has 0 aliphatic heterocycles. The van der Waals surface area contributed by atoms with Crippen molar-refractivity contribution >= 4 is 23.1 Å². The van der Waals surface area contributed by atoms with Gasteiger partial charge in [0.1, 0.15) is 17.2 Å². The Kier molecular flexibility index (Phi) is 5.97. The van der Waals surface area contributed by atoms with E-state index < -0.39 is 17.3 Å². The molecule has 0 spiro atoms. The smallest absolute Gasteiger partial charge is 0.274 e. The van der Waals surface area contributed by atoms with Crippen molar-refractivity contribution in [1.82, 2.24) is 14.7 Å². The number of aliphatic hydroxyl groups is 1. The number of anilines is 1. The average molecular weight is 439 g/mol. The largest absolute Gasteiger partial charge is 0.390 e. The molecule has 3 aromatic rings. The molecule has 32 heavy (non-hydrogen) atoms. The summed E-state index contributed by atoms with van der Waals surface area (Å²) < 4.78 is 16.0. The van der Waals surface area contributed by atoms with Crippen LogP contribution in [0.4, 0.5) is 10.1 Å². The third-order valence-corrected chi connectivity index (χ3v) is 6.12. The van der Waals surface area contributed by atoms with E-state index in [0.717, 1.165) is 31.7 Å². The Labute approximate surface area is 185 Å². The molecule has 7 nitrogen and oxygen atoms in total. The molecule has 3 N–H and O–H groups in total. The summed E-state index contributed by atoms with van der Waals surface area (Å²) in [7, 11) is 0. The number of imidazole rings is 1. The van der Waals surface area contributed by atoms with Crippen molar-refractivity contribution in [1.29, 1.82) is 0 Å². The molecule has 1 aliphatic carbocycles. The minimum absolute atomic E-state index is 0.0602. The molecule has 1 aromatic carbocycles. The van der Waals surface area contributed by atoms with Gasteiger partial charge in [0, 0.05) is 23.7 Å². The Bertz CT molecular complexity index is 1150. The van der Waals surface area contributed by atoms with Crippen LogP contribution in [0.5, 0.6) is 0 Å². The first-order valence-corrected chi connectivity index (χ1v) is 10.8. The van der Waals surface area contributed by atoms with Gasteiger partial charge in [0.15, 0.2) is 0 Å². The van der Waals surface area contributed by atoms with Gasteiger partial charge in [-0.3, -0.25) is 14.0 Å². The van der Waals surface area contributed by atoms with Crippen LogP contribution in [0.3, 0.4) is 0 Å². The fraction of sp³-hybridized carbons (Fsp3) is 0.375. The topological polar surface area (TPSA) is 95.7 Å². The number of halogens is 1. The first-order chi connectivity index (χ1) is 15.2. The highest BCUT2D eigenvalue weighted by molar-refractivity contribution is 6.04. The second-order valence-corrected chi connectivity index (χ2v) is 8.85. The molecule has 168 valence electrons. The standard InChI is InChI=1S/C24H27FN4O3/c1-24(2,32)16-7-3-4-8-18(16)27-22(30)15-10-11-17(25)19(13-15)28-23(31)20-14-26-21-9-5-6-12-29(20)21/h5-6,9-14,16,18,32H,3-4,7-8H2,1-2H3,(H,27,30)(H,28,31). The molecule has 4 rings (SSSR count). The number of nitrogens with zero attached hydrogens (tertiary/aromatic N) is 2. The zero-order chi connectivity index (χ0) is 22.9. The van der Waals surface area contributed by atoms with Gasteiger partial charge in [-0.25, -0.2) is 9.37 Å². The number of rotatable bonds is 5. The lowest BCUT2D eigenvalue weighted by atomic mass is 9.75. The van der Waals surface area contributed by atoms with Gasteiger partial charge in [0.05, 0.1) is 17.5 Å². The van der Waals surface area contributed by atoms with E-state index in [1.807, 2.05) is 0 Å². The molecule has 2 amide bonds. The number of carbonyl (C=O) groups is 2. The van der Waals surface area contributed by atoms with E-state index in [1.54, 1.807) is 42.6 Å². The molecule has 2 aromatic heterocycles. The number of hydrogen-bond donors (Lipinski definition) is 3. The molecule has 8 heteroatoms. The van der Waals surface area contributed by atoms with Crippen LogP contribution < -0.4 is 10.6 Å². The fourth-order valence-corrected chi connectivity index (χ4v) is 4.45. The van der Waals surface area contributed by atoms with E-state index in [1.165, 1.54) is 18.3 Å². The maximum Gasteiger partial charge on any atom is 0.274 e. The number of hydrogen-bond acceptors (Lipinski definition) is 4. The first kappa shape index (κ1) is 22.0. The highest BCUT2D eigenvalue weighted by atomic mass is 19.1. The molecular formula is C24H27FN4O3. The quantitative estimate of drug-likeness (QED) is 0.565. The van der Waals surface area contributed by atoms with Gasteiger partial charge < -0.3 is 15.7 Å². The van der Waals surface area contributed by atoms with Gasteiger partial charge in [-0.15, -0.1) is 0 Å². The highest BCUT2D eigenvalue weighted by Gasteiger charge is 2.36. The van der Waals surface area contributed by atoms with Crippen molar-refractivity contribution < 1.29 is 19.1 Å². The molecule has 0 saturated heterocycles. The monoisotopic (exact) mass is 438 g/mol. The summed E-state index contributed by atoms with van der Waals surface area (Å²) >= 11 is 0. The van der Waals surface area contributed by atoms with Crippen LogP contribution in [0.15, 0.2) is 48.8 Å². The third kappa shape index (κ3) is 4.50. The summed E-state index contributed by atoms with van der Waals surface area (Å²) in [5.41, 5.74) is 0.0928. The molecule has 0 bridgehead atoms. The summed E-state index contributed by atoms with van der Waals surface area (Å²) in [5, 5.41) is 16.0. The lowest BCUT2D eigenvalue weighted by Crippen LogP contribution is -2.50. The maximum atomic E-state index is 14.4. The van der Waals surface area contributed by atoms with E-state index in [2.05, 4.69) is 15.6 Å². The molecule has 1 saturated carbocycles. The number of carbonyl (C=O) groups excluding carboxylic acids is 2.